The lowest BCUT2D eigenvalue weighted by Gasteiger charge is -2.31. The molecule has 1 aliphatic rings. The Hall–Kier alpha value is -0.940. The van der Waals surface area contributed by atoms with Gasteiger partial charge >= 0.3 is 0 Å². The molecular weight excluding hydrogens is 246 g/mol. The van der Waals surface area contributed by atoms with E-state index < -0.39 is 0 Å². The van der Waals surface area contributed by atoms with Gasteiger partial charge in [-0.15, -0.1) is 11.3 Å². The molecule has 1 N–H and O–H groups in total. The van der Waals surface area contributed by atoms with Crippen LogP contribution in [0, 0.1) is 0 Å². The number of piperidine rings is 1. The van der Waals surface area contributed by atoms with Crippen LogP contribution in [-0.4, -0.2) is 42.0 Å². The molecule has 100 valence electrons. The maximum absolute atomic E-state index is 12.3. The third kappa shape index (κ3) is 2.90. The predicted octanol–water partition coefficient (Wildman–Crippen LogP) is 2.09. The molecule has 0 spiro atoms. The molecular formula is C13H21N3OS. The molecule has 0 aliphatic carbocycles. The second kappa shape index (κ2) is 5.80. The molecule has 4 nitrogen and oxygen atoms in total. The van der Waals surface area contributed by atoms with E-state index in [1.807, 2.05) is 17.3 Å². The minimum Gasteiger partial charge on any atom is -0.337 e. The average Bonchev–Trinajstić information content (AvgIpc) is 2.88. The van der Waals surface area contributed by atoms with Crippen LogP contribution in [0.25, 0.3) is 0 Å². The fourth-order valence-electron chi connectivity index (χ4n) is 2.19. The zero-order valence-electron chi connectivity index (χ0n) is 11.3. The summed E-state index contributed by atoms with van der Waals surface area (Å²) in [6, 6.07) is 0.350. The second-order valence-corrected chi connectivity index (χ2v) is 6.01. The number of hydrogen-bond donors (Lipinski definition) is 1. The highest BCUT2D eigenvalue weighted by Gasteiger charge is 2.24. The highest BCUT2D eigenvalue weighted by atomic mass is 32.1. The molecule has 0 bridgehead atoms. The van der Waals surface area contributed by atoms with Crippen molar-refractivity contribution in [3.05, 3.63) is 16.1 Å². The van der Waals surface area contributed by atoms with Gasteiger partial charge in [-0.25, -0.2) is 4.98 Å². The minimum absolute atomic E-state index is 0.0602. The second-order valence-electron chi connectivity index (χ2n) is 5.12. The van der Waals surface area contributed by atoms with E-state index in [9.17, 15) is 4.79 Å². The van der Waals surface area contributed by atoms with Crippen LogP contribution < -0.4 is 5.32 Å². The summed E-state index contributed by atoms with van der Waals surface area (Å²) in [5.74, 6) is 0.450. The van der Waals surface area contributed by atoms with Crippen LogP contribution in [0.1, 0.15) is 48.1 Å². The van der Waals surface area contributed by atoms with E-state index in [2.05, 4.69) is 24.1 Å². The Morgan fingerprint density at radius 3 is 2.72 bits per heavy atom. The number of thiazole rings is 1. The first-order valence-corrected chi connectivity index (χ1v) is 7.41. The molecule has 1 fully saturated rings. The van der Waals surface area contributed by atoms with Crippen LogP contribution in [0.15, 0.2) is 5.38 Å². The van der Waals surface area contributed by atoms with E-state index >= 15 is 0 Å². The summed E-state index contributed by atoms with van der Waals surface area (Å²) in [5.41, 5.74) is 0.602. The van der Waals surface area contributed by atoms with Gasteiger partial charge in [0.15, 0.2) is 0 Å². The third-order valence-electron chi connectivity index (χ3n) is 3.41. The largest absolute Gasteiger partial charge is 0.337 e. The summed E-state index contributed by atoms with van der Waals surface area (Å²) in [4.78, 5) is 18.6. The summed E-state index contributed by atoms with van der Waals surface area (Å²) >= 11 is 1.58. The van der Waals surface area contributed by atoms with Crippen molar-refractivity contribution in [2.24, 2.45) is 0 Å². The van der Waals surface area contributed by atoms with Gasteiger partial charge in [-0.1, -0.05) is 13.8 Å². The molecule has 1 amide bonds. The molecule has 1 aromatic heterocycles. The van der Waals surface area contributed by atoms with Crippen LogP contribution >= 0.6 is 11.3 Å². The van der Waals surface area contributed by atoms with Crippen molar-refractivity contribution in [3.8, 4) is 0 Å². The first-order valence-electron chi connectivity index (χ1n) is 6.53. The minimum atomic E-state index is 0.0602. The number of nitrogens with zero attached hydrogens (tertiary/aromatic N) is 2. The molecule has 0 aromatic carbocycles. The summed E-state index contributed by atoms with van der Waals surface area (Å²) in [6.45, 7) is 6.19. The summed E-state index contributed by atoms with van der Waals surface area (Å²) in [6.07, 6.45) is 2.06. The fraction of sp³-hybridized carbons (Fsp3) is 0.692. The number of carbonyl (C=O) groups is 1. The molecule has 2 rings (SSSR count). The summed E-state index contributed by atoms with van der Waals surface area (Å²) in [7, 11) is 1.90. The summed E-state index contributed by atoms with van der Waals surface area (Å²) < 4.78 is 0. The van der Waals surface area contributed by atoms with Gasteiger partial charge < -0.3 is 10.2 Å². The lowest BCUT2D eigenvalue weighted by atomic mass is 10.1. The van der Waals surface area contributed by atoms with Gasteiger partial charge in [0.25, 0.3) is 5.91 Å². The third-order valence-corrected chi connectivity index (χ3v) is 4.56. The molecule has 1 saturated heterocycles. The zero-order chi connectivity index (χ0) is 13.1. The average molecular weight is 267 g/mol. The van der Waals surface area contributed by atoms with Crippen LogP contribution in [0.5, 0.6) is 0 Å². The van der Waals surface area contributed by atoms with Gasteiger partial charge in [0.05, 0.1) is 5.01 Å². The molecule has 0 radical (unpaired) electrons. The van der Waals surface area contributed by atoms with E-state index in [0.29, 0.717) is 17.7 Å². The van der Waals surface area contributed by atoms with Gasteiger partial charge in [-0.2, -0.15) is 0 Å². The van der Waals surface area contributed by atoms with Gasteiger partial charge in [0.2, 0.25) is 0 Å². The van der Waals surface area contributed by atoms with Crippen molar-refractivity contribution in [1.29, 1.82) is 0 Å². The van der Waals surface area contributed by atoms with Crippen molar-refractivity contribution < 1.29 is 4.79 Å². The van der Waals surface area contributed by atoms with E-state index in [0.717, 1.165) is 30.9 Å². The molecule has 0 atom stereocenters. The Bertz CT molecular complexity index is 410. The topological polar surface area (TPSA) is 45.2 Å². The zero-order valence-corrected chi connectivity index (χ0v) is 12.1. The van der Waals surface area contributed by atoms with E-state index in [-0.39, 0.29) is 5.91 Å². The van der Waals surface area contributed by atoms with Crippen LogP contribution in [-0.2, 0) is 0 Å². The van der Waals surface area contributed by atoms with Gasteiger partial charge in [0.1, 0.15) is 5.69 Å². The number of nitrogens with one attached hydrogen (secondary N) is 1. The molecule has 0 unspecified atom stereocenters. The molecule has 5 heteroatoms. The Labute approximate surface area is 112 Å². The van der Waals surface area contributed by atoms with Crippen molar-refractivity contribution >= 4 is 17.2 Å². The predicted molar refractivity (Wildman–Crippen MR) is 74.2 cm³/mol. The van der Waals surface area contributed by atoms with Crippen LogP contribution in [0.4, 0.5) is 0 Å². The standard InChI is InChI=1S/C13H21N3OS/c1-9(2)12-15-11(8-18-12)13(17)16(3)10-4-6-14-7-5-10/h8-10,14H,4-7H2,1-3H3. The number of aromatic nitrogens is 1. The maximum Gasteiger partial charge on any atom is 0.273 e. The first kappa shape index (κ1) is 13.5. The molecule has 1 aliphatic heterocycles. The van der Waals surface area contributed by atoms with E-state index in [4.69, 9.17) is 0 Å². The van der Waals surface area contributed by atoms with Crippen molar-refractivity contribution in [2.75, 3.05) is 20.1 Å². The van der Waals surface area contributed by atoms with Crippen LogP contribution in [0.3, 0.4) is 0 Å². The quantitative estimate of drug-likeness (QED) is 0.912. The Balaban J connectivity index is 2.04. The first-order chi connectivity index (χ1) is 8.59. The van der Waals surface area contributed by atoms with Crippen molar-refractivity contribution in [2.45, 2.75) is 38.6 Å². The van der Waals surface area contributed by atoms with Gasteiger partial charge in [-0.3, -0.25) is 4.79 Å². The normalized spacial score (nSPS) is 17.1. The lowest BCUT2D eigenvalue weighted by Crippen LogP contribution is -2.44. The Morgan fingerprint density at radius 1 is 1.50 bits per heavy atom. The van der Waals surface area contributed by atoms with Crippen molar-refractivity contribution in [3.63, 3.8) is 0 Å². The summed E-state index contributed by atoms with van der Waals surface area (Å²) in [5, 5.41) is 6.24. The van der Waals surface area contributed by atoms with Crippen molar-refractivity contribution in [1.82, 2.24) is 15.2 Å². The van der Waals surface area contributed by atoms with Gasteiger partial charge in [-0.05, 0) is 25.9 Å². The number of carbonyl (C=O) groups excluding carboxylic acids is 1. The molecule has 2 heterocycles. The smallest absolute Gasteiger partial charge is 0.273 e. The molecule has 1 aromatic rings. The Kier molecular flexibility index (Phi) is 4.35. The number of hydrogen-bond acceptors (Lipinski definition) is 4. The lowest BCUT2D eigenvalue weighted by molar-refractivity contribution is 0.0698. The number of amides is 1. The SMILES string of the molecule is CC(C)c1nc(C(=O)N(C)C2CCNCC2)cs1. The fourth-order valence-corrected chi connectivity index (χ4v) is 3.00. The highest BCUT2D eigenvalue weighted by molar-refractivity contribution is 7.09. The van der Waals surface area contributed by atoms with Crippen LogP contribution in [0.2, 0.25) is 0 Å². The molecule has 18 heavy (non-hydrogen) atoms. The molecule has 0 saturated carbocycles. The number of rotatable bonds is 3. The van der Waals surface area contributed by atoms with Gasteiger partial charge in [0, 0.05) is 24.4 Å². The Morgan fingerprint density at radius 2 is 2.17 bits per heavy atom. The maximum atomic E-state index is 12.3. The van der Waals surface area contributed by atoms with E-state index in [1.54, 1.807) is 11.3 Å². The highest BCUT2D eigenvalue weighted by Crippen LogP contribution is 2.21. The van der Waals surface area contributed by atoms with E-state index in [1.165, 1.54) is 0 Å². The monoisotopic (exact) mass is 267 g/mol.